The first-order valence-electron chi connectivity index (χ1n) is 6.66. The lowest BCUT2D eigenvalue weighted by atomic mass is 9.89. The van der Waals surface area contributed by atoms with E-state index in [0.29, 0.717) is 0 Å². The van der Waals surface area contributed by atoms with Gasteiger partial charge >= 0.3 is 0 Å². The quantitative estimate of drug-likeness (QED) is 0.860. The van der Waals surface area contributed by atoms with Crippen molar-refractivity contribution in [3.63, 3.8) is 0 Å². The summed E-state index contributed by atoms with van der Waals surface area (Å²) in [4.78, 5) is 0. The van der Waals surface area contributed by atoms with Crippen molar-refractivity contribution in [2.45, 2.75) is 27.2 Å². The fourth-order valence-corrected chi connectivity index (χ4v) is 2.04. The molecule has 0 radical (unpaired) electrons. The van der Waals surface area contributed by atoms with Crippen LogP contribution in [0.4, 0.5) is 0 Å². The lowest BCUT2D eigenvalue weighted by Crippen LogP contribution is -2.32. The van der Waals surface area contributed by atoms with Crippen LogP contribution in [0.1, 0.15) is 26.6 Å². The van der Waals surface area contributed by atoms with E-state index in [4.69, 9.17) is 0 Å². The molecule has 0 atom stereocenters. The van der Waals surface area contributed by atoms with E-state index in [1.807, 2.05) is 35.0 Å². The first-order valence-corrected chi connectivity index (χ1v) is 6.66. The molecule has 0 saturated heterocycles. The molecule has 1 heterocycles. The lowest BCUT2D eigenvalue weighted by Gasteiger charge is -2.24. The second-order valence-corrected chi connectivity index (χ2v) is 5.46. The molecular formula is C14H21N5. The fourth-order valence-electron chi connectivity index (χ4n) is 2.04. The van der Waals surface area contributed by atoms with Crippen molar-refractivity contribution >= 4 is 0 Å². The highest BCUT2D eigenvalue weighted by molar-refractivity contribution is 5.30. The minimum Gasteiger partial charge on any atom is -0.316 e. The van der Waals surface area contributed by atoms with Crippen molar-refractivity contribution in [3.05, 3.63) is 36.2 Å². The van der Waals surface area contributed by atoms with Gasteiger partial charge in [0.2, 0.25) is 0 Å². The van der Waals surface area contributed by atoms with Crippen LogP contribution in [-0.2, 0) is 6.42 Å². The molecule has 1 aromatic heterocycles. The predicted molar refractivity (Wildman–Crippen MR) is 75.2 cm³/mol. The summed E-state index contributed by atoms with van der Waals surface area (Å²) in [5.41, 5.74) is 1.12. The monoisotopic (exact) mass is 259 g/mol. The molecule has 1 N–H and O–H groups in total. The minimum atomic E-state index is 0.122. The molecule has 1 aromatic carbocycles. The molecule has 0 saturated carbocycles. The summed E-state index contributed by atoms with van der Waals surface area (Å²) >= 11 is 0. The van der Waals surface area contributed by atoms with E-state index in [2.05, 4.69) is 41.6 Å². The van der Waals surface area contributed by atoms with Gasteiger partial charge in [0.25, 0.3) is 0 Å². The molecule has 0 aliphatic rings. The molecule has 0 aliphatic carbocycles. The first kappa shape index (κ1) is 13.7. The molecular weight excluding hydrogens is 238 g/mol. The third kappa shape index (κ3) is 3.61. The van der Waals surface area contributed by atoms with Gasteiger partial charge in [-0.1, -0.05) is 39.0 Å². The van der Waals surface area contributed by atoms with E-state index in [-0.39, 0.29) is 5.41 Å². The molecule has 0 fully saturated rings. The standard InChI is InChI=1S/C14H21N5/c1-4-15-11-14(2,3)10-13-16-17-18-19(13)12-8-6-5-7-9-12/h5-9,15H,4,10-11H2,1-3H3. The van der Waals surface area contributed by atoms with Crippen molar-refractivity contribution in [1.82, 2.24) is 25.5 Å². The Balaban J connectivity index is 2.16. The second-order valence-electron chi connectivity index (χ2n) is 5.46. The minimum absolute atomic E-state index is 0.122. The molecule has 0 bridgehead atoms. The highest BCUT2D eigenvalue weighted by Crippen LogP contribution is 2.20. The molecule has 0 spiro atoms. The molecule has 2 rings (SSSR count). The van der Waals surface area contributed by atoms with E-state index in [1.165, 1.54) is 0 Å². The molecule has 0 unspecified atom stereocenters. The molecule has 5 nitrogen and oxygen atoms in total. The number of nitrogens with one attached hydrogen (secondary N) is 1. The van der Waals surface area contributed by atoms with Gasteiger partial charge < -0.3 is 5.32 Å². The van der Waals surface area contributed by atoms with Gasteiger partial charge in [-0.2, -0.15) is 4.68 Å². The molecule has 2 aromatic rings. The number of tetrazole rings is 1. The zero-order valence-corrected chi connectivity index (χ0v) is 11.8. The van der Waals surface area contributed by atoms with Gasteiger partial charge in [-0.25, -0.2) is 0 Å². The van der Waals surface area contributed by atoms with Crippen LogP contribution < -0.4 is 5.32 Å². The average molecular weight is 259 g/mol. The Bertz CT molecular complexity index is 504. The number of benzene rings is 1. The molecule has 19 heavy (non-hydrogen) atoms. The van der Waals surface area contributed by atoms with Crippen LogP contribution in [0.25, 0.3) is 5.69 Å². The Labute approximate surface area is 114 Å². The van der Waals surface area contributed by atoms with E-state index in [0.717, 1.165) is 31.0 Å². The van der Waals surface area contributed by atoms with Gasteiger partial charge in [0.15, 0.2) is 5.82 Å². The van der Waals surface area contributed by atoms with Crippen molar-refractivity contribution in [3.8, 4) is 5.69 Å². The third-order valence-electron chi connectivity index (χ3n) is 3.03. The van der Waals surface area contributed by atoms with Crippen LogP contribution in [0, 0.1) is 5.41 Å². The molecule has 0 aliphatic heterocycles. The van der Waals surface area contributed by atoms with Gasteiger partial charge in [0.1, 0.15) is 0 Å². The van der Waals surface area contributed by atoms with Crippen LogP contribution in [0.15, 0.2) is 30.3 Å². The molecule has 102 valence electrons. The van der Waals surface area contributed by atoms with Crippen LogP contribution in [0.5, 0.6) is 0 Å². The Morgan fingerprint density at radius 2 is 1.95 bits per heavy atom. The Morgan fingerprint density at radius 3 is 2.63 bits per heavy atom. The zero-order valence-electron chi connectivity index (χ0n) is 11.8. The topological polar surface area (TPSA) is 55.6 Å². The summed E-state index contributed by atoms with van der Waals surface area (Å²) in [6.45, 7) is 8.49. The van der Waals surface area contributed by atoms with E-state index < -0.39 is 0 Å². The molecule has 0 amide bonds. The smallest absolute Gasteiger partial charge is 0.157 e. The summed E-state index contributed by atoms with van der Waals surface area (Å²) in [6, 6.07) is 9.99. The van der Waals surface area contributed by atoms with Crippen molar-refractivity contribution in [2.75, 3.05) is 13.1 Å². The molecule has 5 heteroatoms. The van der Waals surface area contributed by atoms with Gasteiger partial charge in [0.05, 0.1) is 5.69 Å². The number of hydrogen-bond donors (Lipinski definition) is 1. The number of aromatic nitrogens is 4. The van der Waals surface area contributed by atoms with Crippen LogP contribution in [-0.4, -0.2) is 33.3 Å². The zero-order chi connectivity index (χ0) is 13.7. The van der Waals surface area contributed by atoms with E-state index >= 15 is 0 Å². The normalized spacial score (nSPS) is 11.7. The number of nitrogens with zero attached hydrogens (tertiary/aromatic N) is 4. The second kappa shape index (κ2) is 5.93. The maximum atomic E-state index is 4.16. The average Bonchev–Trinajstić information content (AvgIpc) is 2.85. The van der Waals surface area contributed by atoms with E-state index in [9.17, 15) is 0 Å². The van der Waals surface area contributed by atoms with Crippen molar-refractivity contribution in [1.29, 1.82) is 0 Å². The predicted octanol–water partition coefficient (Wildman–Crippen LogP) is 1.84. The van der Waals surface area contributed by atoms with Gasteiger partial charge in [-0.3, -0.25) is 0 Å². The summed E-state index contributed by atoms with van der Waals surface area (Å²) < 4.78 is 1.81. The SMILES string of the molecule is CCNCC(C)(C)Cc1nnnn1-c1ccccc1. The Hall–Kier alpha value is -1.75. The Kier molecular flexibility index (Phi) is 4.27. The third-order valence-corrected chi connectivity index (χ3v) is 3.03. The number of para-hydroxylation sites is 1. The van der Waals surface area contributed by atoms with Gasteiger partial charge in [-0.05, 0) is 34.5 Å². The van der Waals surface area contributed by atoms with E-state index in [1.54, 1.807) is 0 Å². The number of rotatable bonds is 6. The summed E-state index contributed by atoms with van der Waals surface area (Å²) in [5, 5.41) is 15.4. The highest BCUT2D eigenvalue weighted by atomic mass is 15.5. The first-order chi connectivity index (χ1) is 9.12. The maximum Gasteiger partial charge on any atom is 0.157 e. The summed E-state index contributed by atoms with van der Waals surface area (Å²) in [6.07, 6.45) is 0.835. The number of hydrogen-bond acceptors (Lipinski definition) is 4. The van der Waals surface area contributed by atoms with Gasteiger partial charge in [0, 0.05) is 13.0 Å². The van der Waals surface area contributed by atoms with Gasteiger partial charge in [-0.15, -0.1) is 5.10 Å². The maximum absolute atomic E-state index is 4.16. The van der Waals surface area contributed by atoms with Crippen LogP contribution in [0.2, 0.25) is 0 Å². The summed E-state index contributed by atoms with van der Waals surface area (Å²) in [7, 11) is 0. The largest absolute Gasteiger partial charge is 0.316 e. The summed E-state index contributed by atoms with van der Waals surface area (Å²) in [5.74, 6) is 0.897. The highest BCUT2D eigenvalue weighted by Gasteiger charge is 2.22. The van der Waals surface area contributed by atoms with Crippen LogP contribution >= 0.6 is 0 Å². The Morgan fingerprint density at radius 1 is 1.21 bits per heavy atom. The van der Waals surface area contributed by atoms with Crippen LogP contribution in [0.3, 0.4) is 0 Å². The fraction of sp³-hybridized carbons (Fsp3) is 0.500. The lowest BCUT2D eigenvalue weighted by molar-refractivity contribution is 0.332. The van der Waals surface area contributed by atoms with Crippen molar-refractivity contribution < 1.29 is 0 Å². The van der Waals surface area contributed by atoms with Crippen molar-refractivity contribution in [2.24, 2.45) is 5.41 Å².